The molecule has 0 unspecified atom stereocenters. The molecule has 6 aromatic carbocycles. The first-order chi connectivity index (χ1) is 22.5. The van der Waals surface area contributed by atoms with Gasteiger partial charge in [-0.15, -0.1) is 0 Å². The molecule has 0 saturated carbocycles. The highest BCUT2D eigenvalue weighted by Gasteiger charge is 2.36. The summed E-state index contributed by atoms with van der Waals surface area (Å²) in [7, 11) is 0. The molecule has 0 aliphatic heterocycles. The number of fused-ring (bicyclic) bond motifs is 6. The van der Waals surface area contributed by atoms with E-state index in [2.05, 4.69) is 147 Å². The molecule has 0 radical (unpaired) electrons. The summed E-state index contributed by atoms with van der Waals surface area (Å²) in [6.07, 6.45) is 0. The van der Waals surface area contributed by atoms with E-state index in [9.17, 15) is 0 Å². The van der Waals surface area contributed by atoms with Crippen molar-refractivity contribution in [2.75, 3.05) is 0 Å². The van der Waals surface area contributed by atoms with Crippen molar-refractivity contribution in [3.8, 4) is 55.9 Å². The summed E-state index contributed by atoms with van der Waals surface area (Å²) in [6, 6.07) is 54.1. The molecule has 0 spiro atoms. The molecule has 1 aliphatic rings. The monoisotopic (exact) mass is 589 g/mol. The van der Waals surface area contributed by atoms with E-state index < -0.39 is 0 Å². The molecule has 0 amide bonds. The zero-order chi connectivity index (χ0) is 30.8. The standard InChI is InChI=1S/C44H31NO/c1-44(2)38-23-32(20-21-34(38)36-27-43-37(26-39(36)44)35-18-9-10-19-42(35)46-43)30-16-11-17-31(22-30)33-24-40(28-12-5-3-6-13-28)45-41(25-33)29-14-7-4-8-15-29/h3-27H,1-2H3. The minimum absolute atomic E-state index is 0.134. The Morgan fingerprint density at radius 1 is 0.413 bits per heavy atom. The van der Waals surface area contributed by atoms with Gasteiger partial charge in [-0.05, 0) is 87.0 Å². The molecule has 0 fully saturated rings. The fourth-order valence-electron chi connectivity index (χ4n) is 7.22. The number of pyridine rings is 1. The summed E-state index contributed by atoms with van der Waals surface area (Å²) in [6.45, 7) is 4.69. The van der Waals surface area contributed by atoms with Crippen LogP contribution >= 0.6 is 0 Å². The van der Waals surface area contributed by atoms with Crippen molar-refractivity contribution in [2.24, 2.45) is 0 Å². The number of rotatable bonds is 4. The van der Waals surface area contributed by atoms with Gasteiger partial charge in [-0.3, -0.25) is 0 Å². The van der Waals surface area contributed by atoms with E-state index >= 15 is 0 Å². The second-order valence-electron chi connectivity index (χ2n) is 12.8. The summed E-state index contributed by atoms with van der Waals surface area (Å²) in [5.41, 5.74) is 15.9. The van der Waals surface area contributed by atoms with Crippen LogP contribution in [0.1, 0.15) is 25.0 Å². The van der Waals surface area contributed by atoms with Crippen LogP contribution < -0.4 is 0 Å². The Morgan fingerprint density at radius 2 is 1.00 bits per heavy atom. The van der Waals surface area contributed by atoms with Gasteiger partial charge in [-0.2, -0.15) is 0 Å². The fraction of sp³-hybridized carbons (Fsp3) is 0.0682. The second-order valence-corrected chi connectivity index (χ2v) is 12.8. The predicted octanol–water partition coefficient (Wildman–Crippen LogP) is 12.0. The molecule has 46 heavy (non-hydrogen) atoms. The third-order valence-corrected chi connectivity index (χ3v) is 9.67. The molecule has 2 heterocycles. The van der Waals surface area contributed by atoms with Crippen LogP contribution in [-0.4, -0.2) is 4.98 Å². The molecular formula is C44H31NO. The lowest BCUT2D eigenvalue weighted by Crippen LogP contribution is -2.15. The average molecular weight is 590 g/mol. The molecular weight excluding hydrogens is 558 g/mol. The molecule has 2 nitrogen and oxygen atoms in total. The number of benzene rings is 6. The predicted molar refractivity (Wildman–Crippen MR) is 191 cm³/mol. The van der Waals surface area contributed by atoms with Gasteiger partial charge in [0.15, 0.2) is 0 Å². The van der Waals surface area contributed by atoms with Gasteiger partial charge in [0.1, 0.15) is 11.2 Å². The molecule has 2 heteroatoms. The first-order valence-electron chi connectivity index (χ1n) is 15.9. The SMILES string of the molecule is CC1(C)c2cc(-c3cccc(-c4cc(-c5ccccc5)nc(-c5ccccc5)c4)c3)ccc2-c2cc3oc4ccccc4c3cc21. The topological polar surface area (TPSA) is 26.0 Å². The zero-order valence-electron chi connectivity index (χ0n) is 25.8. The number of hydrogen-bond donors (Lipinski definition) is 0. The molecule has 8 aromatic rings. The van der Waals surface area contributed by atoms with E-state index in [-0.39, 0.29) is 5.41 Å². The van der Waals surface area contributed by atoms with E-state index in [1.807, 2.05) is 18.2 Å². The van der Waals surface area contributed by atoms with Crippen LogP contribution in [-0.2, 0) is 5.41 Å². The molecule has 0 N–H and O–H groups in total. The number of furan rings is 1. The van der Waals surface area contributed by atoms with Crippen molar-refractivity contribution in [2.45, 2.75) is 19.3 Å². The van der Waals surface area contributed by atoms with Crippen LogP contribution in [0.5, 0.6) is 0 Å². The number of aromatic nitrogens is 1. The Morgan fingerprint density at radius 3 is 1.72 bits per heavy atom. The van der Waals surface area contributed by atoms with Crippen molar-refractivity contribution < 1.29 is 4.42 Å². The molecule has 0 atom stereocenters. The Kier molecular flexibility index (Phi) is 5.88. The van der Waals surface area contributed by atoms with Crippen molar-refractivity contribution in [3.63, 3.8) is 0 Å². The lowest BCUT2D eigenvalue weighted by molar-refractivity contribution is 0.658. The maximum Gasteiger partial charge on any atom is 0.136 e. The summed E-state index contributed by atoms with van der Waals surface area (Å²) < 4.78 is 6.28. The maximum absolute atomic E-state index is 6.28. The Bertz CT molecular complexity index is 2380. The average Bonchev–Trinajstić information content (AvgIpc) is 3.59. The molecule has 9 rings (SSSR count). The van der Waals surface area contributed by atoms with Crippen LogP contribution in [0.15, 0.2) is 156 Å². The van der Waals surface area contributed by atoms with Crippen LogP contribution in [0.25, 0.3) is 77.8 Å². The highest BCUT2D eigenvalue weighted by Crippen LogP contribution is 2.51. The van der Waals surface area contributed by atoms with Gasteiger partial charge >= 0.3 is 0 Å². The van der Waals surface area contributed by atoms with Crippen molar-refractivity contribution in [1.82, 2.24) is 4.98 Å². The summed E-state index contributed by atoms with van der Waals surface area (Å²) in [5, 5.41) is 2.36. The summed E-state index contributed by atoms with van der Waals surface area (Å²) >= 11 is 0. The number of nitrogens with zero attached hydrogens (tertiary/aromatic N) is 1. The third-order valence-electron chi connectivity index (χ3n) is 9.67. The van der Waals surface area contributed by atoms with Gasteiger partial charge in [0.2, 0.25) is 0 Å². The normalized spacial score (nSPS) is 13.2. The van der Waals surface area contributed by atoms with Gasteiger partial charge < -0.3 is 4.42 Å². The van der Waals surface area contributed by atoms with E-state index in [1.54, 1.807) is 0 Å². The quantitative estimate of drug-likeness (QED) is 0.204. The fourth-order valence-corrected chi connectivity index (χ4v) is 7.22. The van der Waals surface area contributed by atoms with Gasteiger partial charge in [-0.1, -0.05) is 123 Å². The summed E-state index contributed by atoms with van der Waals surface area (Å²) in [5.74, 6) is 0. The maximum atomic E-state index is 6.28. The lowest BCUT2D eigenvalue weighted by atomic mass is 9.81. The second kappa shape index (κ2) is 10.2. The van der Waals surface area contributed by atoms with E-state index in [1.165, 1.54) is 49.7 Å². The molecule has 1 aliphatic carbocycles. The van der Waals surface area contributed by atoms with Crippen LogP contribution in [0.3, 0.4) is 0 Å². The van der Waals surface area contributed by atoms with Gasteiger partial charge in [-0.25, -0.2) is 4.98 Å². The first-order valence-corrected chi connectivity index (χ1v) is 15.9. The van der Waals surface area contributed by atoms with Gasteiger partial charge in [0.05, 0.1) is 11.4 Å². The molecule has 218 valence electrons. The van der Waals surface area contributed by atoms with Crippen LogP contribution in [0, 0.1) is 0 Å². The lowest BCUT2D eigenvalue weighted by Gasteiger charge is -2.22. The van der Waals surface area contributed by atoms with Crippen molar-refractivity contribution >= 4 is 21.9 Å². The number of hydrogen-bond acceptors (Lipinski definition) is 2. The largest absolute Gasteiger partial charge is 0.456 e. The highest BCUT2D eigenvalue weighted by atomic mass is 16.3. The first kappa shape index (κ1) is 26.7. The van der Waals surface area contributed by atoms with Gasteiger partial charge in [0, 0.05) is 27.3 Å². The van der Waals surface area contributed by atoms with Crippen molar-refractivity contribution in [1.29, 1.82) is 0 Å². The molecule has 0 saturated heterocycles. The zero-order valence-corrected chi connectivity index (χ0v) is 25.8. The van der Waals surface area contributed by atoms with Crippen LogP contribution in [0.2, 0.25) is 0 Å². The number of para-hydroxylation sites is 1. The summed E-state index contributed by atoms with van der Waals surface area (Å²) in [4.78, 5) is 5.08. The van der Waals surface area contributed by atoms with E-state index in [4.69, 9.17) is 9.40 Å². The Hall–Kier alpha value is -5.73. The molecule has 0 bridgehead atoms. The highest BCUT2D eigenvalue weighted by molar-refractivity contribution is 6.07. The van der Waals surface area contributed by atoms with E-state index in [0.717, 1.165) is 39.2 Å². The minimum Gasteiger partial charge on any atom is -0.456 e. The smallest absolute Gasteiger partial charge is 0.136 e. The van der Waals surface area contributed by atoms with E-state index in [0.29, 0.717) is 0 Å². The molecule has 2 aromatic heterocycles. The Balaban J connectivity index is 1.14. The minimum atomic E-state index is -0.134. The third kappa shape index (κ3) is 4.22. The van der Waals surface area contributed by atoms with Gasteiger partial charge in [0.25, 0.3) is 0 Å². The van der Waals surface area contributed by atoms with Crippen LogP contribution in [0.4, 0.5) is 0 Å². The van der Waals surface area contributed by atoms with Crippen molar-refractivity contribution in [3.05, 3.63) is 163 Å². The Labute approximate surface area is 268 Å².